The van der Waals surface area contributed by atoms with Crippen molar-refractivity contribution in [2.45, 2.75) is 19.9 Å². The first-order valence-corrected chi connectivity index (χ1v) is 9.63. The molecule has 138 valence electrons. The summed E-state index contributed by atoms with van der Waals surface area (Å²) in [5.41, 5.74) is 6.17. The smallest absolute Gasteiger partial charge is 0.160 e. The van der Waals surface area contributed by atoms with E-state index in [1.165, 1.54) is 11.1 Å². The van der Waals surface area contributed by atoms with Crippen molar-refractivity contribution in [2.75, 3.05) is 6.61 Å². The number of aromatic nitrogens is 3. The molecule has 0 saturated heterocycles. The van der Waals surface area contributed by atoms with Gasteiger partial charge in [-0.15, -0.1) is 0 Å². The number of aryl methyl sites for hydroxylation is 2. The maximum atomic E-state index is 5.90. The van der Waals surface area contributed by atoms with Crippen LogP contribution in [-0.4, -0.2) is 21.1 Å². The van der Waals surface area contributed by atoms with E-state index in [1.54, 1.807) is 0 Å². The van der Waals surface area contributed by atoms with E-state index in [9.17, 15) is 0 Å². The normalized spacial score (nSPS) is 11.5. The fourth-order valence-corrected chi connectivity index (χ4v) is 3.66. The third-order valence-electron chi connectivity index (χ3n) is 5.07. The van der Waals surface area contributed by atoms with Crippen molar-refractivity contribution in [1.82, 2.24) is 14.5 Å². The van der Waals surface area contributed by atoms with Gasteiger partial charge in [-0.05, 0) is 43.7 Å². The average Bonchev–Trinajstić information content (AvgIpc) is 3.04. The number of fused-ring (bicyclic) bond motifs is 4. The molecule has 0 atom stereocenters. The van der Waals surface area contributed by atoms with Gasteiger partial charge in [0.2, 0.25) is 0 Å². The lowest BCUT2D eigenvalue weighted by atomic mass is 10.2. The Morgan fingerprint density at radius 2 is 1.54 bits per heavy atom. The summed E-state index contributed by atoms with van der Waals surface area (Å²) in [5.74, 6) is 0.915. The molecule has 0 N–H and O–H groups in total. The Bertz CT molecular complexity index is 1270. The Morgan fingerprint density at radius 3 is 2.36 bits per heavy atom. The zero-order chi connectivity index (χ0) is 18.9. The second-order valence-corrected chi connectivity index (χ2v) is 7.07. The number of ether oxygens (including phenoxy) is 1. The SMILES string of the molecule is Cc1ccc(OCCCn2c3ccccc3c3nc4ccccc4nc32)cc1. The standard InChI is InChI=1S/C24H21N3O/c1-17-11-13-18(14-12-17)28-16-6-15-27-22-10-5-2-7-19(22)23-24(27)26-21-9-4-3-8-20(21)25-23/h2-5,7-14H,6,15-16H2,1H3. The molecule has 0 radical (unpaired) electrons. The first kappa shape index (κ1) is 16.8. The number of hydrogen-bond acceptors (Lipinski definition) is 3. The molecule has 0 fully saturated rings. The lowest BCUT2D eigenvalue weighted by molar-refractivity contribution is 0.303. The zero-order valence-electron chi connectivity index (χ0n) is 15.8. The van der Waals surface area contributed by atoms with E-state index in [0.717, 1.165) is 46.3 Å². The van der Waals surface area contributed by atoms with Crippen molar-refractivity contribution in [2.24, 2.45) is 0 Å². The van der Waals surface area contributed by atoms with Crippen LogP contribution in [0, 0.1) is 6.92 Å². The molecule has 28 heavy (non-hydrogen) atoms. The Morgan fingerprint density at radius 1 is 0.821 bits per heavy atom. The molecule has 0 saturated carbocycles. The molecule has 5 aromatic rings. The van der Waals surface area contributed by atoms with Crippen LogP contribution in [0.1, 0.15) is 12.0 Å². The number of hydrogen-bond donors (Lipinski definition) is 0. The first-order valence-electron chi connectivity index (χ1n) is 9.63. The molecule has 0 aliphatic rings. The van der Waals surface area contributed by atoms with Gasteiger partial charge in [-0.25, -0.2) is 9.97 Å². The second-order valence-electron chi connectivity index (χ2n) is 7.07. The van der Waals surface area contributed by atoms with Crippen LogP contribution in [0.4, 0.5) is 0 Å². The van der Waals surface area contributed by atoms with Gasteiger partial charge >= 0.3 is 0 Å². The van der Waals surface area contributed by atoms with Crippen LogP contribution in [0.25, 0.3) is 33.1 Å². The molecular weight excluding hydrogens is 346 g/mol. The van der Waals surface area contributed by atoms with Gasteiger partial charge in [0.05, 0.1) is 23.2 Å². The van der Waals surface area contributed by atoms with Crippen molar-refractivity contribution in [3.63, 3.8) is 0 Å². The Kier molecular flexibility index (Phi) is 4.17. The van der Waals surface area contributed by atoms with E-state index in [4.69, 9.17) is 14.7 Å². The lowest BCUT2D eigenvalue weighted by Gasteiger charge is -2.09. The largest absolute Gasteiger partial charge is 0.494 e. The third-order valence-corrected chi connectivity index (χ3v) is 5.07. The summed E-state index contributed by atoms with van der Waals surface area (Å²) >= 11 is 0. The highest BCUT2D eigenvalue weighted by Gasteiger charge is 2.13. The molecule has 2 heterocycles. The minimum absolute atomic E-state index is 0.665. The third kappa shape index (κ3) is 2.97. The van der Waals surface area contributed by atoms with Crippen LogP contribution in [0.3, 0.4) is 0 Å². The van der Waals surface area contributed by atoms with Gasteiger partial charge in [-0.2, -0.15) is 0 Å². The molecule has 4 heteroatoms. The van der Waals surface area contributed by atoms with Crippen molar-refractivity contribution in [3.05, 3.63) is 78.4 Å². The van der Waals surface area contributed by atoms with Gasteiger partial charge in [0.15, 0.2) is 5.65 Å². The van der Waals surface area contributed by atoms with Crippen LogP contribution in [-0.2, 0) is 6.54 Å². The quantitative estimate of drug-likeness (QED) is 0.384. The van der Waals surface area contributed by atoms with Crippen molar-refractivity contribution in [3.8, 4) is 5.75 Å². The average molecular weight is 367 g/mol. The molecular formula is C24H21N3O. The lowest BCUT2D eigenvalue weighted by Crippen LogP contribution is -2.05. The molecule has 0 aliphatic carbocycles. The van der Waals surface area contributed by atoms with Gasteiger partial charge in [0.25, 0.3) is 0 Å². The summed E-state index contributed by atoms with van der Waals surface area (Å²) < 4.78 is 8.17. The monoisotopic (exact) mass is 367 g/mol. The van der Waals surface area contributed by atoms with Crippen molar-refractivity contribution >= 4 is 33.1 Å². The summed E-state index contributed by atoms with van der Waals surface area (Å²) in [6.45, 7) is 3.58. The highest BCUT2D eigenvalue weighted by molar-refractivity contribution is 6.06. The Hall–Kier alpha value is -3.40. The fourth-order valence-electron chi connectivity index (χ4n) is 3.66. The predicted octanol–water partition coefficient (Wildman–Crippen LogP) is 5.52. The summed E-state index contributed by atoms with van der Waals surface area (Å²) in [5, 5.41) is 1.15. The molecule has 0 aliphatic heterocycles. The van der Waals surface area contributed by atoms with E-state index < -0.39 is 0 Å². The molecule has 5 rings (SSSR count). The van der Waals surface area contributed by atoms with Gasteiger partial charge < -0.3 is 9.30 Å². The van der Waals surface area contributed by atoms with Crippen LogP contribution >= 0.6 is 0 Å². The van der Waals surface area contributed by atoms with Crippen LogP contribution in [0.15, 0.2) is 72.8 Å². The van der Waals surface area contributed by atoms with Crippen LogP contribution < -0.4 is 4.74 Å². The predicted molar refractivity (Wildman–Crippen MR) is 114 cm³/mol. The minimum Gasteiger partial charge on any atom is -0.494 e. The molecule has 4 nitrogen and oxygen atoms in total. The van der Waals surface area contributed by atoms with Crippen LogP contribution in [0.2, 0.25) is 0 Å². The van der Waals surface area contributed by atoms with Gasteiger partial charge in [0.1, 0.15) is 11.3 Å². The summed E-state index contributed by atoms with van der Waals surface area (Å²) in [6, 6.07) is 24.6. The van der Waals surface area contributed by atoms with Crippen molar-refractivity contribution in [1.29, 1.82) is 0 Å². The Balaban J connectivity index is 1.46. The maximum Gasteiger partial charge on any atom is 0.160 e. The van der Waals surface area contributed by atoms with Gasteiger partial charge in [-0.1, -0.05) is 48.0 Å². The van der Waals surface area contributed by atoms with E-state index >= 15 is 0 Å². The molecule has 0 unspecified atom stereocenters. The summed E-state index contributed by atoms with van der Waals surface area (Å²) in [7, 11) is 0. The van der Waals surface area contributed by atoms with E-state index in [1.807, 2.05) is 36.4 Å². The highest BCUT2D eigenvalue weighted by atomic mass is 16.5. The van der Waals surface area contributed by atoms with Gasteiger partial charge in [0, 0.05) is 11.9 Å². The van der Waals surface area contributed by atoms with E-state index in [2.05, 4.69) is 47.9 Å². The molecule has 3 aromatic carbocycles. The maximum absolute atomic E-state index is 5.90. The van der Waals surface area contributed by atoms with E-state index in [0.29, 0.717) is 6.61 Å². The minimum atomic E-state index is 0.665. The number of para-hydroxylation sites is 3. The summed E-state index contributed by atoms with van der Waals surface area (Å²) in [6.07, 6.45) is 0.899. The molecule has 0 amide bonds. The molecule has 0 bridgehead atoms. The number of benzene rings is 3. The number of rotatable bonds is 5. The second kappa shape index (κ2) is 6.97. The highest BCUT2D eigenvalue weighted by Crippen LogP contribution is 2.28. The number of nitrogens with zero attached hydrogens (tertiary/aromatic N) is 3. The van der Waals surface area contributed by atoms with Crippen LogP contribution in [0.5, 0.6) is 5.75 Å². The molecule has 2 aromatic heterocycles. The van der Waals surface area contributed by atoms with E-state index in [-0.39, 0.29) is 0 Å². The van der Waals surface area contributed by atoms with Crippen molar-refractivity contribution < 1.29 is 4.74 Å². The topological polar surface area (TPSA) is 39.9 Å². The zero-order valence-corrected chi connectivity index (χ0v) is 15.8. The Labute approximate surface area is 163 Å². The summed E-state index contributed by atoms with van der Waals surface area (Å²) in [4.78, 5) is 9.82. The first-order chi connectivity index (χ1) is 13.8. The van der Waals surface area contributed by atoms with Gasteiger partial charge in [-0.3, -0.25) is 0 Å². The fraction of sp³-hybridized carbons (Fsp3) is 0.167. The molecule has 0 spiro atoms.